The van der Waals surface area contributed by atoms with Crippen molar-refractivity contribution in [2.45, 2.75) is 45.0 Å². The number of rotatable bonds is 13. The Kier molecular flexibility index (Phi) is 9.92. The smallest absolute Gasteiger partial charge is 0.340 e. The molecule has 3 rings (SSSR count). The van der Waals surface area contributed by atoms with Gasteiger partial charge in [-0.1, -0.05) is 55.4 Å². The van der Waals surface area contributed by atoms with E-state index in [2.05, 4.69) is 41.1 Å². The second-order valence-electron chi connectivity index (χ2n) is 7.58. The fourth-order valence-electron chi connectivity index (χ4n) is 3.33. The minimum absolute atomic E-state index is 0.0895. The number of aromatic nitrogens is 3. The number of thioether (sulfide) groups is 1. The number of carbonyl (C=O) groups is 2. The van der Waals surface area contributed by atoms with Gasteiger partial charge in [0.15, 0.2) is 11.0 Å². The van der Waals surface area contributed by atoms with Gasteiger partial charge in [-0.15, -0.1) is 16.8 Å². The van der Waals surface area contributed by atoms with E-state index in [1.54, 1.807) is 37.3 Å². The Hall–Kier alpha value is -3.59. The van der Waals surface area contributed by atoms with Crippen molar-refractivity contribution >= 4 is 29.3 Å². The Bertz CT molecular complexity index is 1140. The number of carbonyl (C=O) groups excluding carboxylic acids is 2. The van der Waals surface area contributed by atoms with E-state index in [1.165, 1.54) is 17.3 Å². The highest BCUT2D eigenvalue weighted by Gasteiger charge is 2.17. The number of hydrogen-bond donors (Lipinski definition) is 1. The van der Waals surface area contributed by atoms with Crippen LogP contribution in [0.25, 0.3) is 0 Å². The molecule has 35 heavy (non-hydrogen) atoms. The van der Waals surface area contributed by atoms with Crippen molar-refractivity contribution in [3.05, 3.63) is 78.1 Å². The maximum Gasteiger partial charge on any atom is 0.340 e. The fraction of sp³-hybridized carbons (Fsp3) is 0.308. The predicted octanol–water partition coefficient (Wildman–Crippen LogP) is 4.90. The molecule has 0 saturated heterocycles. The molecule has 0 atom stereocenters. The minimum atomic E-state index is -0.480. The molecule has 0 aliphatic carbocycles. The van der Waals surface area contributed by atoms with Crippen molar-refractivity contribution in [2.24, 2.45) is 0 Å². The molecule has 1 amide bonds. The van der Waals surface area contributed by atoms with Crippen molar-refractivity contribution in [3.63, 3.8) is 0 Å². The van der Waals surface area contributed by atoms with Crippen LogP contribution < -0.4 is 10.1 Å². The molecule has 0 bridgehead atoms. The van der Waals surface area contributed by atoms with Crippen molar-refractivity contribution in [3.8, 4) is 5.75 Å². The molecule has 1 heterocycles. The number of aryl methyl sites for hydroxylation is 1. The lowest BCUT2D eigenvalue weighted by atomic mass is 10.1. The molecule has 1 N–H and O–H groups in total. The highest BCUT2D eigenvalue weighted by Crippen LogP contribution is 2.21. The van der Waals surface area contributed by atoms with Gasteiger partial charge in [0.05, 0.1) is 23.6 Å². The first-order chi connectivity index (χ1) is 17.0. The molecule has 0 aliphatic rings. The zero-order chi connectivity index (χ0) is 25.0. The first-order valence-corrected chi connectivity index (χ1v) is 12.5. The lowest BCUT2D eigenvalue weighted by molar-refractivity contribution is -0.113. The molecule has 0 fully saturated rings. The van der Waals surface area contributed by atoms with Crippen LogP contribution in [-0.2, 0) is 29.1 Å². The van der Waals surface area contributed by atoms with Gasteiger partial charge in [-0.05, 0) is 43.2 Å². The fourth-order valence-corrected chi connectivity index (χ4v) is 4.10. The van der Waals surface area contributed by atoms with Gasteiger partial charge in [0.1, 0.15) is 12.4 Å². The normalized spacial score (nSPS) is 10.6. The highest BCUT2D eigenvalue weighted by molar-refractivity contribution is 7.99. The van der Waals surface area contributed by atoms with Crippen LogP contribution in [0.3, 0.4) is 0 Å². The summed E-state index contributed by atoms with van der Waals surface area (Å²) in [5.41, 5.74) is 1.99. The van der Waals surface area contributed by atoms with E-state index in [1.807, 2.05) is 16.7 Å². The van der Waals surface area contributed by atoms with Gasteiger partial charge in [-0.25, -0.2) is 4.79 Å². The number of amides is 1. The van der Waals surface area contributed by atoms with Crippen LogP contribution in [0.2, 0.25) is 0 Å². The number of para-hydroxylation sites is 1. The van der Waals surface area contributed by atoms with Gasteiger partial charge in [0, 0.05) is 6.54 Å². The largest absolute Gasteiger partial charge is 0.486 e. The molecule has 184 valence electrons. The number of ether oxygens (including phenoxy) is 2. The molecule has 2 aromatic carbocycles. The van der Waals surface area contributed by atoms with Crippen LogP contribution in [0.15, 0.2) is 66.3 Å². The quantitative estimate of drug-likeness (QED) is 0.205. The number of anilines is 1. The lowest BCUT2D eigenvalue weighted by Gasteiger charge is -2.11. The molecule has 1 aromatic heterocycles. The lowest BCUT2D eigenvalue weighted by Crippen LogP contribution is -2.18. The van der Waals surface area contributed by atoms with Gasteiger partial charge in [-0.2, -0.15) is 0 Å². The summed E-state index contributed by atoms with van der Waals surface area (Å²) in [6, 6.07) is 14.8. The molecule has 8 nitrogen and oxygen atoms in total. The van der Waals surface area contributed by atoms with E-state index in [0.717, 1.165) is 18.6 Å². The molecule has 0 unspecified atom stereocenters. The van der Waals surface area contributed by atoms with E-state index >= 15 is 0 Å². The van der Waals surface area contributed by atoms with E-state index in [9.17, 15) is 9.59 Å². The van der Waals surface area contributed by atoms with Crippen LogP contribution in [0.1, 0.15) is 42.0 Å². The van der Waals surface area contributed by atoms with E-state index in [0.29, 0.717) is 28.8 Å². The van der Waals surface area contributed by atoms with Crippen LogP contribution in [0.4, 0.5) is 5.69 Å². The minimum Gasteiger partial charge on any atom is -0.486 e. The van der Waals surface area contributed by atoms with Crippen molar-refractivity contribution < 1.29 is 19.1 Å². The number of benzene rings is 2. The second-order valence-corrected chi connectivity index (χ2v) is 8.53. The summed E-state index contributed by atoms with van der Waals surface area (Å²) in [4.78, 5) is 24.7. The number of allylic oxidation sites excluding steroid dienone is 1. The zero-order valence-corrected chi connectivity index (χ0v) is 20.8. The molecule has 3 aromatic rings. The topological polar surface area (TPSA) is 95.3 Å². The average molecular weight is 495 g/mol. The maximum atomic E-state index is 12.6. The van der Waals surface area contributed by atoms with Gasteiger partial charge >= 0.3 is 5.97 Å². The zero-order valence-electron chi connectivity index (χ0n) is 20.0. The first-order valence-electron chi connectivity index (χ1n) is 11.5. The molecule has 0 saturated carbocycles. The molecular formula is C26H30N4O4S. The number of nitrogens with zero attached hydrogens (tertiary/aromatic N) is 3. The van der Waals surface area contributed by atoms with Crippen LogP contribution in [-0.4, -0.2) is 39.0 Å². The Balaban J connectivity index is 1.61. The van der Waals surface area contributed by atoms with Crippen molar-refractivity contribution in [1.82, 2.24) is 14.8 Å². The van der Waals surface area contributed by atoms with E-state index in [-0.39, 0.29) is 24.9 Å². The van der Waals surface area contributed by atoms with Crippen LogP contribution >= 0.6 is 11.8 Å². The second kappa shape index (κ2) is 13.3. The SMILES string of the molecule is C=CCn1c(COc2ccc(CCC)cc2)nnc1SCC(=O)Nc1ccccc1C(=O)OCC. The summed E-state index contributed by atoms with van der Waals surface area (Å²) in [7, 11) is 0. The van der Waals surface area contributed by atoms with Crippen LogP contribution in [0, 0.1) is 0 Å². The number of esters is 1. The highest BCUT2D eigenvalue weighted by atomic mass is 32.2. The summed E-state index contributed by atoms with van der Waals surface area (Å²) in [6.45, 7) is 8.67. The third-order valence-corrected chi connectivity index (χ3v) is 5.93. The van der Waals surface area contributed by atoms with Gasteiger partial charge in [-0.3, -0.25) is 9.36 Å². The van der Waals surface area contributed by atoms with Gasteiger partial charge < -0.3 is 14.8 Å². The first kappa shape index (κ1) is 26.0. The molecule has 0 radical (unpaired) electrons. The Morgan fingerprint density at radius 1 is 1.11 bits per heavy atom. The Labute approximate surface area is 209 Å². The molecule has 9 heteroatoms. The Morgan fingerprint density at radius 3 is 2.60 bits per heavy atom. The standard InChI is InChI=1S/C26H30N4O4S/c1-4-9-19-12-14-20(15-13-19)34-17-23-28-29-26(30(23)16-5-2)35-18-24(31)27-22-11-8-7-10-21(22)25(32)33-6-3/h5,7-8,10-15H,2,4,6,9,16-18H2,1,3H3,(H,27,31). The summed E-state index contributed by atoms with van der Waals surface area (Å²) < 4.78 is 12.8. The maximum absolute atomic E-state index is 12.6. The molecule has 0 aliphatic heterocycles. The Morgan fingerprint density at radius 2 is 1.89 bits per heavy atom. The molecular weight excluding hydrogens is 464 g/mol. The molecule has 0 spiro atoms. The third-order valence-electron chi connectivity index (χ3n) is 4.96. The van der Waals surface area contributed by atoms with Crippen LogP contribution in [0.5, 0.6) is 5.75 Å². The van der Waals surface area contributed by atoms with Gasteiger partial charge in [0.2, 0.25) is 5.91 Å². The summed E-state index contributed by atoms with van der Waals surface area (Å²) in [6.07, 6.45) is 3.88. The predicted molar refractivity (Wildman–Crippen MR) is 137 cm³/mol. The van der Waals surface area contributed by atoms with E-state index < -0.39 is 5.97 Å². The summed E-state index contributed by atoms with van der Waals surface area (Å²) >= 11 is 1.25. The van der Waals surface area contributed by atoms with E-state index in [4.69, 9.17) is 9.47 Å². The summed E-state index contributed by atoms with van der Waals surface area (Å²) in [5, 5.41) is 11.8. The average Bonchev–Trinajstić information content (AvgIpc) is 3.24. The third kappa shape index (κ3) is 7.45. The van der Waals surface area contributed by atoms with Crippen molar-refractivity contribution in [2.75, 3.05) is 17.7 Å². The monoisotopic (exact) mass is 494 g/mol. The van der Waals surface area contributed by atoms with Crippen molar-refractivity contribution in [1.29, 1.82) is 0 Å². The van der Waals surface area contributed by atoms with Gasteiger partial charge in [0.25, 0.3) is 0 Å². The summed E-state index contributed by atoms with van der Waals surface area (Å²) in [5.74, 6) is 0.730. The number of nitrogens with one attached hydrogen (secondary N) is 1. The number of hydrogen-bond acceptors (Lipinski definition) is 7.